The van der Waals surface area contributed by atoms with Crippen molar-refractivity contribution in [2.75, 3.05) is 18.4 Å². The lowest BCUT2D eigenvalue weighted by atomic mass is 10.3. The highest BCUT2D eigenvalue weighted by Crippen LogP contribution is 2.11. The van der Waals surface area contributed by atoms with E-state index in [0.717, 1.165) is 12.8 Å². The van der Waals surface area contributed by atoms with Crippen molar-refractivity contribution in [2.45, 2.75) is 19.8 Å². The van der Waals surface area contributed by atoms with Crippen LogP contribution in [0.2, 0.25) is 0 Å². The zero-order valence-electron chi connectivity index (χ0n) is 10.8. The Morgan fingerprint density at radius 1 is 1.21 bits per heavy atom. The molecule has 6 heteroatoms. The minimum Gasteiger partial charge on any atom is -0.338 e. The van der Waals surface area contributed by atoms with E-state index in [1.807, 2.05) is 6.92 Å². The SMILES string of the molecule is CCCCNC(=O)NCC(=O)Nc1ccccc1F. The van der Waals surface area contributed by atoms with Crippen LogP contribution >= 0.6 is 0 Å². The molecule has 0 fully saturated rings. The van der Waals surface area contributed by atoms with Gasteiger partial charge in [-0.15, -0.1) is 0 Å². The summed E-state index contributed by atoms with van der Waals surface area (Å²) in [5, 5.41) is 7.38. The van der Waals surface area contributed by atoms with Crippen molar-refractivity contribution in [3.05, 3.63) is 30.1 Å². The van der Waals surface area contributed by atoms with E-state index in [1.54, 1.807) is 6.07 Å². The third kappa shape index (κ3) is 5.85. The molecule has 104 valence electrons. The average molecular weight is 267 g/mol. The van der Waals surface area contributed by atoms with Crippen molar-refractivity contribution < 1.29 is 14.0 Å². The number of amides is 3. The molecule has 1 aromatic rings. The first kappa shape index (κ1) is 14.9. The lowest BCUT2D eigenvalue weighted by Gasteiger charge is -2.08. The molecule has 0 saturated heterocycles. The summed E-state index contributed by atoms with van der Waals surface area (Å²) in [5.41, 5.74) is 0.0979. The van der Waals surface area contributed by atoms with Gasteiger partial charge >= 0.3 is 6.03 Å². The molecule has 0 bridgehead atoms. The monoisotopic (exact) mass is 267 g/mol. The quantitative estimate of drug-likeness (QED) is 0.688. The van der Waals surface area contributed by atoms with Crippen LogP contribution in [0, 0.1) is 5.82 Å². The fourth-order valence-corrected chi connectivity index (χ4v) is 1.36. The van der Waals surface area contributed by atoms with Crippen LogP contribution in [0.25, 0.3) is 0 Å². The van der Waals surface area contributed by atoms with Crippen LogP contribution in [-0.4, -0.2) is 25.0 Å². The van der Waals surface area contributed by atoms with Gasteiger partial charge in [-0.2, -0.15) is 0 Å². The first-order valence-electron chi connectivity index (χ1n) is 6.19. The first-order valence-corrected chi connectivity index (χ1v) is 6.19. The molecule has 1 aromatic carbocycles. The number of hydrogen-bond acceptors (Lipinski definition) is 2. The van der Waals surface area contributed by atoms with Crippen molar-refractivity contribution in [2.24, 2.45) is 0 Å². The van der Waals surface area contributed by atoms with Crippen LogP contribution in [-0.2, 0) is 4.79 Å². The summed E-state index contributed by atoms with van der Waals surface area (Å²) in [6.45, 7) is 2.38. The summed E-state index contributed by atoms with van der Waals surface area (Å²) in [6.07, 6.45) is 1.86. The van der Waals surface area contributed by atoms with E-state index in [2.05, 4.69) is 16.0 Å². The van der Waals surface area contributed by atoms with Gasteiger partial charge in [-0.3, -0.25) is 4.79 Å². The summed E-state index contributed by atoms with van der Waals surface area (Å²) >= 11 is 0. The standard InChI is InChI=1S/C13H18FN3O2/c1-2-3-8-15-13(19)16-9-12(18)17-11-7-5-4-6-10(11)14/h4-7H,2-3,8-9H2,1H3,(H,17,18)(H2,15,16,19). The minimum absolute atomic E-state index is 0.0979. The maximum atomic E-state index is 13.2. The summed E-state index contributed by atoms with van der Waals surface area (Å²) in [5.74, 6) is -0.987. The summed E-state index contributed by atoms with van der Waals surface area (Å²) in [6, 6.07) is 5.44. The molecule has 3 amide bonds. The first-order chi connectivity index (χ1) is 9.13. The Hall–Kier alpha value is -2.11. The van der Waals surface area contributed by atoms with E-state index < -0.39 is 17.8 Å². The Labute approximate surface area is 111 Å². The van der Waals surface area contributed by atoms with Gasteiger partial charge in [-0.25, -0.2) is 9.18 Å². The normalized spacial score (nSPS) is 9.79. The largest absolute Gasteiger partial charge is 0.338 e. The number of para-hydroxylation sites is 1. The van der Waals surface area contributed by atoms with E-state index >= 15 is 0 Å². The van der Waals surface area contributed by atoms with Crippen LogP contribution in [0.5, 0.6) is 0 Å². The maximum absolute atomic E-state index is 13.2. The van der Waals surface area contributed by atoms with Gasteiger partial charge in [0.05, 0.1) is 12.2 Å². The number of benzene rings is 1. The average Bonchev–Trinajstić information content (AvgIpc) is 2.39. The van der Waals surface area contributed by atoms with Gasteiger partial charge < -0.3 is 16.0 Å². The van der Waals surface area contributed by atoms with Crippen molar-refractivity contribution in [1.82, 2.24) is 10.6 Å². The van der Waals surface area contributed by atoms with E-state index in [1.165, 1.54) is 18.2 Å². The molecule has 0 aliphatic rings. The predicted molar refractivity (Wildman–Crippen MR) is 71.3 cm³/mol. The Balaban J connectivity index is 2.28. The number of nitrogens with one attached hydrogen (secondary N) is 3. The van der Waals surface area contributed by atoms with Crippen LogP contribution < -0.4 is 16.0 Å². The highest BCUT2D eigenvalue weighted by atomic mass is 19.1. The lowest BCUT2D eigenvalue weighted by Crippen LogP contribution is -2.40. The number of anilines is 1. The van der Waals surface area contributed by atoms with Gasteiger partial charge in [-0.1, -0.05) is 25.5 Å². The molecule has 3 N–H and O–H groups in total. The Morgan fingerprint density at radius 3 is 2.63 bits per heavy atom. The van der Waals surface area contributed by atoms with Crippen molar-refractivity contribution >= 4 is 17.6 Å². The number of hydrogen-bond donors (Lipinski definition) is 3. The van der Waals surface area contributed by atoms with E-state index in [9.17, 15) is 14.0 Å². The molecule has 0 saturated carbocycles. The third-order valence-corrected chi connectivity index (χ3v) is 2.37. The lowest BCUT2D eigenvalue weighted by molar-refractivity contribution is -0.115. The molecule has 0 atom stereocenters. The highest BCUT2D eigenvalue weighted by Gasteiger charge is 2.07. The summed E-state index contributed by atoms with van der Waals surface area (Å²) in [4.78, 5) is 22.7. The number of halogens is 1. The topological polar surface area (TPSA) is 70.2 Å². The van der Waals surface area contributed by atoms with Gasteiger partial charge in [0.15, 0.2) is 0 Å². The molecule has 0 aliphatic heterocycles. The Kier molecular flexibility index (Phi) is 6.35. The number of carbonyl (C=O) groups excluding carboxylic acids is 2. The van der Waals surface area contributed by atoms with Gasteiger partial charge in [0, 0.05) is 6.54 Å². The number of carbonyl (C=O) groups is 2. The fraction of sp³-hybridized carbons (Fsp3) is 0.385. The minimum atomic E-state index is -0.511. The third-order valence-electron chi connectivity index (χ3n) is 2.37. The maximum Gasteiger partial charge on any atom is 0.315 e. The van der Waals surface area contributed by atoms with Crippen molar-refractivity contribution in [1.29, 1.82) is 0 Å². The molecule has 1 rings (SSSR count). The summed E-state index contributed by atoms with van der Waals surface area (Å²) in [7, 11) is 0. The molecule has 0 heterocycles. The number of unbranched alkanes of at least 4 members (excludes halogenated alkanes) is 1. The number of rotatable bonds is 6. The highest BCUT2D eigenvalue weighted by molar-refractivity contribution is 5.94. The molecule has 0 aliphatic carbocycles. The zero-order valence-corrected chi connectivity index (χ0v) is 10.8. The second-order valence-electron chi connectivity index (χ2n) is 3.99. The van der Waals surface area contributed by atoms with Gasteiger partial charge in [0.2, 0.25) is 5.91 Å². The predicted octanol–water partition coefficient (Wildman–Crippen LogP) is 1.86. The molecule has 0 radical (unpaired) electrons. The second-order valence-corrected chi connectivity index (χ2v) is 3.99. The Morgan fingerprint density at radius 2 is 1.95 bits per heavy atom. The van der Waals surface area contributed by atoms with Crippen molar-refractivity contribution in [3.63, 3.8) is 0 Å². The smallest absolute Gasteiger partial charge is 0.315 e. The Bertz CT molecular complexity index is 438. The molecular weight excluding hydrogens is 249 g/mol. The van der Waals surface area contributed by atoms with E-state index in [4.69, 9.17) is 0 Å². The van der Waals surface area contributed by atoms with Gasteiger partial charge in [-0.05, 0) is 18.6 Å². The van der Waals surface area contributed by atoms with Crippen LogP contribution in [0.4, 0.5) is 14.9 Å². The zero-order chi connectivity index (χ0) is 14.1. The van der Waals surface area contributed by atoms with E-state index in [0.29, 0.717) is 6.54 Å². The molecule has 0 aromatic heterocycles. The van der Waals surface area contributed by atoms with Crippen LogP contribution in [0.3, 0.4) is 0 Å². The molecule has 19 heavy (non-hydrogen) atoms. The molecule has 0 spiro atoms. The molecule has 0 unspecified atom stereocenters. The van der Waals surface area contributed by atoms with Gasteiger partial charge in [0.1, 0.15) is 5.82 Å². The summed E-state index contributed by atoms with van der Waals surface area (Å²) < 4.78 is 13.2. The van der Waals surface area contributed by atoms with Crippen LogP contribution in [0.1, 0.15) is 19.8 Å². The van der Waals surface area contributed by atoms with E-state index in [-0.39, 0.29) is 12.2 Å². The second kappa shape index (κ2) is 8.07. The molecular formula is C13H18FN3O2. The van der Waals surface area contributed by atoms with Crippen molar-refractivity contribution in [3.8, 4) is 0 Å². The molecule has 5 nitrogen and oxygen atoms in total. The van der Waals surface area contributed by atoms with Gasteiger partial charge in [0.25, 0.3) is 0 Å². The fourth-order valence-electron chi connectivity index (χ4n) is 1.36. The number of urea groups is 1. The van der Waals surface area contributed by atoms with Crippen LogP contribution in [0.15, 0.2) is 24.3 Å².